The third-order valence-corrected chi connectivity index (χ3v) is 19.8. The van der Waals surface area contributed by atoms with Crippen LogP contribution in [0.4, 0.5) is 0 Å². The molecule has 5 saturated heterocycles. The van der Waals surface area contributed by atoms with Crippen molar-refractivity contribution >= 4 is 28.9 Å². The van der Waals surface area contributed by atoms with Crippen molar-refractivity contribution in [1.29, 1.82) is 0 Å². The van der Waals surface area contributed by atoms with Crippen LogP contribution >= 0.6 is 0 Å². The quantitative estimate of drug-likeness (QED) is 0.0634. The fourth-order valence-electron chi connectivity index (χ4n) is 14.1. The van der Waals surface area contributed by atoms with Gasteiger partial charge in [0.05, 0.1) is 98.2 Å². The zero-order valence-corrected chi connectivity index (χ0v) is 66.7. The van der Waals surface area contributed by atoms with E-state index in [9.17, 15) is 26.7 Å². The lowest BCUT2D eigenvalue weighted by Gasteiger charge is -2.43. The SMILES string of the molecule is [2H]C([2H])([2H])Oc1cc2c(cc1OC)C1([2H])CC(=O)C(C([2H])([2H])C([2H])(C([2H])([2H])[2H])C([2H])([2H])C)CN1C([2H])([2H])C2([2H])[2H].[2H]C([2H])([2H])Oc1cc2c(cc1OC)C1([2H])CC(=O)C(CC(C)C)C([2H])([2H])N1C([2H])([2H])C2([2H])[2H].[2H]C([2H])([2H])Oc1cc2c(cc1OC)C1([2H])CC(=O)C(CC(C)C)CN1C([2H])([2H])C2([2H])[2H].[2H]C([2H])([2H])Oc1cc2c(cc1OC)C1([2H])N(CC([2H])(C([2H])([2H])C([2H])(C([2H])([2H])[2H])C([2H])([2H])C)C(=O)C1([2H])[2H])C([2H])([2H])C2([2H])[2H].[2H]C([2H])([2H])Oc1cc2c(cc1OC)C1([2H])N(CC([2H])(CC(C)C)C(=O)C1([2H])[2H])C([2H])([2H])C2([2H])[2H]. The molecule has 0 aromatic heterocycles. The largest absolute Gasteiger partial charge is 0.493 e. The van der Waals surface area contributed by atoms with Gasteiger partial charge in [0, 0.05) is 217 Å². The Hall–Kier alpha value is -7.75. The molecule has 0 radical (unpaired) electrons. The fraction of sp³-hybridized carbons (Fsp3) is 0.639. The maximum Gasteiger partial charge on any atom is 0.161 e. The lowest BCUT2D eigenvalue weighted by Crippen LogP contribution is -2.46. The molecule has 10 aliphatic rings. The van der Waals surface area contributed by atoms with Crippen molar-refractivity contribution < 1.29 is 159 Å². The normalized spacial score (nSPS) is 44.4. The molecule has 5 fully saturated rings. The minimum atomic E-state index is -4.12. The number of hydrogen-bond donors (Lipinski definition) is 0. The van der Waals surface area contributed by atoms with E-state index in [1.807, 2.05) is 13.8 Å². The van der Waals surface area contributed by atoms with Gasteiger partial charge in [-0.3, -0.25) is 48.5 Å². The molecule has 12 atom stereocenters. The van der Waals surface area contributed by atoms with Crippen molar-refractivity contribution in [2.24, 2.45) is 59.1 Å². The highest BCUT2D eigenvalue weighted by Crippen LogP contribution is 2.49. The summed E-state index contributed by atoms with van der Waals surface area (Å²) in [6.07, 6.45) is -37.0. The molecule has 15 rings (SSSR count). The van der Waals surface area contributed by atoms with E-state index in [0.29, 0.717) is 41.0 Å². The molecule has 20 nitrogen and oxygen atoms in total. The summed E-state index contributed by atoms with van der Waals surface area (Å²) in [5.74, 6) is -26.0. The number of piperidine rings is 5. The van der Waals surface area contributed by atoms with Crippen LogP contribution in [0.15, 0.2) is 60.7 Å². The van der Waals surface area contributed by atoms with Crippen molar-refractivity contribution in [3.8, 4) is 57.5 Å². The topological polar surface area (TPSA) is 194 Å². The average Bonchev–Trinajstić information content (AvgIpc) is 0.650. The first kappa shape index (κ1) is 38.1. The maximum atomic E-state index is 13.9. The molecular formula is C97H139N5O15. The van der Waals surface area contributed by atoms with Crippen LogP contribution in [0, 0.1) is 59.1 Å². The van der Waals surface area contributed by atoms with Crippen LogP contribution in [0.25, 0.3) is 0 Å². The van der Waals surface area contributed by atoms with Gasteiger partial charge in [-0.1, -0.05) is 81.8 Å². The zero-order chi connectivity index (χ0) is 140. The van der Waals surface area contributed by atoms with Gasteiger partial charge in [0.1, 0.15) is 28.9 Å². The predicted molar refractivity (Wildman–Crippen MR) is 460 cm³/mol. The summed E-state index contributed by atoms with van der Waals surface area (Å²) >= 11 is 0. The first-order chi connectivity index (χ1) is 80.4. The van der Waals surface area contributed by atoms with Crippen LogP contribution in [0.1, 0.15) is 319 Å². The van der Waals surface area contributed by atoms with Crippen LogP contribution < -0.4 is 47.4 Å². The van der Waals surface area contributed by atoms with E-state index in [4.69, 9.17) is 132 Å². The number of benzene rings is 5. The van der Waals surface area contributed by atoms with Gasteiger partial charge < -0.3 is 47.4 Å². The molecule has 12 unspecified atom stereocenters. The summed E-state index contributed by atoms with van der Waals surface area (Å²) in [4.78, 5) is 69.4. The zero-order valence-electron chi connectivity index (χ0n) is 131. The number of carbonyl (C=O) groups excluding carboxylic acids is 5. The van der Waals surface area contributed by atoms with Crippen LogP contribution in [0.5, 0.6) is 57.5 Å². The summed E-state index contributed by atoms with van der Waals surface area (Å²) in [6, 6.07) is -2.98. The van der Waals surface area contributed by atoms with Gasteiger partial charge >= 0.3 is 0 Å². The Balaban J connectivity index is 0.000000211. The Kier molecular flexibility index (Phi) is 13.4. The monoisotopic (exact) mass is 1680 g/mol. The number of methoxy groups -OCH3 is 10. The molecule has 642 valence electrons. The standard InChI is InChI=1S/2C20H29NO3.3C19H27NO3/c2*1-5-13(2)8-15-12-21-7-6-14-9-19(23-3)20(24-4)10-16(14)17(21)11-18(15)22;3*1-12(2)7-14-11-20-6-5-13-8-18(22-3)19(23-4)9-15(13)16(20)10-17(14)21/h2*9-10,13,15,17H,5-8,11-12H2,1-4H3;3*8-9,12,14,16H,5-7,10-11H2,1-4H3/i2D3,3D3,5D2,6D2,7D2,8D2,11D2,13D,15D,17D;2D3,3D3,5D2,6D2,7D2,8D2,13D,17D;3D3,5D2,6D2,10D2,14D,16D;3D3,5D2,6D2,11D2,16D;3D3,5D2,6D2,16D. The molecule has 0 saturated carbocycles. The highest BCUT2D eigenvalue weighted by molar-refractivity contribution is 5.86. The van der Waals surface area contributed by atoms with Crippen molar-refractivity contribution in [3.63, 3.8) is 0 Å². The van der Waals surface area contributed by atoms with Gasteiger partial charge in [-0.15, -0.1) is 0 Å². The number of ketones is 5. The first-order valence-electron chi connectivity index (χ1n) is 69.1. The third kappa shape index (κ3) is 21.0. The fourth-order valence-corrected chi connectivity index (χ4v) is 14.1. The number of fused-ring (bicyclic) bond motifs is 15. The van der Waals surface area contributed by atoms with E-state index in [2.05, 4.69) is 0 Å². The predicted octanol–water partition coefficient (Wildman–Crippen LogP) is 17.0. The van der Waals surface area contributed by atoms with E-state index in [0.717, 1.165) is 74.8 Å². The summed E-state index contributed by atoms with van der Waals surface area (Å²) in [6.45, 7) is -17.0. The van der Waals surface area contributed by atoms with Gasteiger partial charge in [0.15, 0.2) is 57.5 Å². The van der Waals surface area contributed by atoms with E-state index in [1.54, 1.807) is 27.7 Å². The molecule has 0 aliphatic carbocycles. The summed E-state index contributed by atoms with van der Waals surface area (Å²) in [5.41, 5.74) is -4.10. The summed E-state index contributed by atoms with van der Waals surface area (Å²) < 4.78 is 579. The summed E-state index contributed by atoms with van der Waals surface area (Å²) in [7, 11) is -9.00. The average molecular weight is 1680 g/mol. The number of hydrogen-bond acceptors (Lipinski definition) is 20. The van der Waals surface area contributed by atoms with Crippen molar-refractivity contribution in [3.05, 3.63) is 116 Å². The van der Waals surface area contributed by atoms with Crippen LogP contribution in [-0.2, 0) is 55.8 Å². The minimum Gasteiger partial charge on any atom is -0.493 e. The minimum absolute atomic E-state index is 0.0311. The molecular weight excluding hydrogens is 1480 g/mol. The van der Waals surface area contributed by atoms with E-state index in [1.165, 1.54) is 20.3 Å². The van der Waals surface area contributed by atoms with Crippen LogP contribution in [-0.4, -0.2) is 189 Å². The van der Waals surface area contributed by atoms with Crippen molar-refractivity contribution in [1.82, 2.24) is 24.5 Å². The molecule has 10 heterocycles. The molecule has 0 bridgehead atoms. The first-order valence-corrected chi connectivity index (χ1v) is 37.1. The second kappa shape index (κ2) is 41.0. The number of rotatable bonds is 22. The highest BCUT2D eigenvalue weighted by atomic mass is 16.5. The number of ether oxygens (including phenoxy) is 10. The number of Topliss-reactive ketones (excluding diaryl/α,β-unsaturated/α-hetero) is 5. The third-order valence-electron chi connectivity index (χ3n) is 19.8. The second-order valence-corrected chi connectivity index (χ2v) is 28.9. The van der Waals surface area contributed by atoms with E-state index in [-0.39, 0.29) is 111 Å². The van der Waals surface area contributed by atoms with Gasteiger partial charge in [-0.05, 0) is 210 Å². The van der Waals surface area contributed by atoms with Gasteiger partial charge in [-0.2, -0.15) is 0 Å². The van der Waals surface area contributed by atoms with E-state index < -0.39 is 341 Å². The maximum absolute atomic E-state index is 13.9. The lowest BCUT2D eigenvalue weighted by molar-refractivity contribution is -0.130. The second-order valence-electron chi connectivity index (χ2n) is 28.9. The Morgan fingerprint density at radius 1 is 0.368 bits per heavy atom. The van der Waals surface area contributed by atoms with E-state index >= 15 is 0 Å². The van der Waals surface area contributed by atoms with Gasteiger partial charge in [-0.25, -0.2) is 0 Å². The molecule has 117 heavy (non-hydrogen) atoms. The number of nitrogens with zero attached hydrogens (tertiary/aromatic N) is 5. The highest BCUT2D eigenvalue weighted by Gasteiger charge is 2.45. The number of aryl methyl sites for hydroxylation is 5. The van der Waals surface area contributed by atoms with Crippen molar-refractivity contribution in [2.75, 3.05) is 136 Å². The summed E-state index contributed by atoms with van der Waals surface area (Å²) in [5, 5.41) is 0. The Bertz CT molecular complexity index is 7280. The smallest absolute Gasteiger partial charge is 0.161 e. The molecule has 0 N–H and O–H groups in total. The molecule has 5 aromatic rings. The molecule has 5 aromatic carbocycles. The molecule has 20 heteroatoms. The van der Waals surface area contributed by atoms with Gasteiger partial charge in [0.2, 0.25) is 0 Å². The molecule has 0 spiro atoms. The molecule has 10 aliphatic heterocycles. The van der Waals surface area contributed by atoms with Crippen LogP contribution in [0.3, 0.4) is 0 Å². The Labute approximate surface area is 789 Å². The molecule has 0 amide bonds. The Morgan fingerprint density at radius 3 is 1.01 bits per heavy atom. The van der Waals surface area contributed by atoms with Gasteiger partial charge in [0.25, 0.3) is 0 Å². The number of carbonyl (C=O) groups is 5. The Morgan fingerprint density at radius 2 is 0.658 bits per heavy atom. The van der Waals surface area contributed by atoms with Crippen LogP contribution in [0.2, 0.25) is 0 Å². The van der Waals surface area contributed by atoms with Crippen molar-refractivity contribution in [2.45, 2.75) is 208 Å². The lowest BCUT2D eigenvalue weighted by atomic mass is 9.79.